The Bertz CT molecular complexity index is 134. The molecular formula is C12H26O2. The average molecular weight is 202 g/mol. The molecule has 2 heteroatoms. The number of hydrogen-bond acceptors (Lipinski definition) is 2. The van der Waals surface area contributed by atoms with Gasteiger partial charge in [-0.25, -0.2) is 0 Å². The molecule has 14 heavy (non-hydrogen) atoms. The van der Waals surface area contributed by atoms with E-state index >= 15 is 0 Å². The SMILES string of the molecule is CCCC(O)C(C)CCC(O)C(C)C. The zero-order valence-electron chi connectivity index (χ0n) is 10.0. The van der Waals surface area contributed by atoms with E-state index in [9.17, 15) is 10.2 Å². The molecule has 0 aliphatic heterocycles. The summed E-state index contributed by atoms with van der Waals surface area (Å²) in [6.45, 7) is 8.20. The summed E-state index contributed by atoms with van der Waals surface area (Å²) in [5.74, 6) is 0.633. The van der Waals surface area contributed by atoms with Crippen molar-refractivity contribution in [3.63, 3.8) is 0 Å². The maximum absolute atomic E-state index is 9.69. The molecule has 3 unspecified atom stereocenters. The lowest BCUT2D eigenvalue weighted by Gasteiger charge is -2.21. The van der Waals surface area contributed by atoms with Crippen LogP contribution >= 0.6 is 0 Å². The summed E-state index contributed by atoms with van der Waals surface area (Å²) < 4.78 is 0. The Morgan fingerprint density at radius 3 is 1.86 bits per heavy atom. The Hall–Kier alpha value is -0.0800. The van der Waals surface area contributed by atoms with E-state index in [4.69, 9.17) is 0 Å². The van der Waals surface area contributed by atoms with Gasteiger partial charge in [0.25, 0.3) is 0 Å². The van der Waals surface area contributed by atoms with Crippen molar-refractivity contribution in [1.29, 1.82) is 0 Å². The molecule has 0 aromatic rings. The molecule has 2 N–H and O–H groups in total. The number of aliphatic hydroxyl groups excluding tert-OH is 2. The van der Waals surface area contributed by atoms with E-state index in [0.29, 0.717) is 11.8 Å². The van der Waals surface area contributed by atoms with Crippen LogP contribution in [0.4, 0.5) is 0 Å². The Balaban J connectivity index is 3.67. The first-order valence-electron chi connectivity index (χ1n) is 5.85. The van der Waals surface area contributed by atoms with Crippen LogP contribution < -0.4 is 0 Å². The standard InChI is InChI=1S/C12H26O2/c1-5-6-12(14)10(4)7-8-11(13)9(2)3/h9-14H,5-8H2,1-4H3. The number of aliphatic hydroxyl groups is 2. The highest BCUT2D eigenvalue weighted by Gasteiger charge is 2.16. The van der Waals surface area contributed by atoms with Crippen molar-refractivity contribution in [2.75, 3.05) is 0 Å². The van der Waals surface area contributed by atoms with E-state index in [1.165, 1.54) is 0 Å². The van der Waals surface area contributed by atoms with Crippen LogP contribution in [0.25, 0.3) is 0 Å². The predicted molar refractivity (Wildman–Crippen MR) is 60.2 cm³/mol. The molecule has 0 aliphatic carbocycles. The van der Waals surface area contributed by atoms with Crippen molar-refractivity contribution < 1.29 is 10.2 Å². The number of rotatable bonds is 7. The third kappa shape index (κ3) is 5.61. The summed E-state index contributed by atoms with van der Waals surface area (Å²) in [6.07, 6.45) is 3.21. The first-order chi connectivity index (χ1) is 6.49. The Morgan fingerprint density at radius 2 is 1.43 bits per heavy atom. The lowest BCUT2D eigenvalue weighted by Crippen LogP contribution is -2.21. The molecule has 0 bridgehead atoms. The maximum atomic E-state index is 9.69. The minimum absolute atomic E-state index is 0.195. The zero-order chi connectivity index (χ0) is 11.1. The summed E-state index contributed by atoms with van der Waals surface area (Å²) in [4.78, 5) is 0. The molecule has 0 amide bonds. The molecule has 3 atom stereocenters. The van der Waals surface area contributed by atoms with Crippen molar-refractivity contribution in [1.82, 2.24) is 0 Å². The van der Waals surface area contributed by atoms with Gasteiger partial charge >= 0.3 is 0 Å². The number of hydrogen-bond donors (Lipinski definition) is 2. The van der Waals surface area contributed by atoms with Crippen LogP contribution in [0, 0.1) is 11.8 Å². The van der Waals surface area contributed by atoms with Crippen LogP contribution in [0.3, 0.4) is 0 Å². The van der Waals surface area contributed by atoms with Crippen molar-refractivity contribution in [2.24, 2.45) is 11.8 Å². The Kier molecular flexibility index (Phi) is 7.20. The average Bonchev–Trinajstić information content (AvgIpc) is 2.13. The van der Waals surface area contributed by atoms with Crippen molar-refractivity contribution in [3.05, 3.63) is 0 Å². The summed E-state index contributed by atoms with van der Waals surface area (Å²) in [6, 6.07) is 0. The zero-order valence-corrected chi connectivity index (χ0v) is 10.0. The first kappa shape index (κ1) is 13.9. The second-order valence-corrected chi connectivity index (χ2v) is 4.72. The van der Waals surface area contributed by atoms with E-state index in [1.54, 1.807) is 0 Å². The van der Waals surface area contributed by atoms with Crippen LogP contribution in [-0.2, 0) is 0 Å². The fourth-order valence-electron chi connectivity index (χ4n) is 1.54. The minimum atomic E-state index is -0.216. The molecular weight excluding hydrogens is 176 g/mol. The highest BCUT2D eigenvalue weighted by molar-refractivity contribution is 4.68. The third-order valence-electron chi connectivity index (χ3n) is 2.93. The molecule has 0 aromatic heterocycles. The molecule has 0 heterocycles. The van der Waals surface area contributed by atoms with Gasteiger partial charge < -0.3 is 10.2 Å². The topological polar surface area (TPSA) is 40.5 Å². The van der Waals surface area contributed by atoms with E-state index < -0.39 is 0 Å². The van der Waals surface area contributed by atoms with Crippen LogP contribution in [0.15, 0.2) is 0 Å². The monoisotopic (exact) mass is 202 g/mol. The summed E-state index contributed by atoms with van der Waals surface area (Å²) in [5.41, 5.74) is 0. The van der Waals surface area contributed by atoms with E-state index in [1.807, 2.05) is 13.8 Å². The van der Waals surface area contributed by atoms with Crippen LogP contribution in [0.5, 0.6) is 0 Å². The Morgan fingerprint density at radius 1 is 0.857 bits per heavy atom. The van der Waals surface area contributed by atoms with Crippen molar-refractivity contribution in [2.45, 2.75) is 65.6 Å². The second kappa shape index (κ2) is 7.24. The van der Waals surface area contributed by atoms with Gasteiger partial charge in [0.05, 0.1) is 12.2 Å². The van der Waals surface area contributed by atoms with Gasteiger partial charge in [0.2, 0.25) is 0 Å². The molecule has 0 saturated heterocycles. The maximum Gasteiger partial charge on any atom is 0.0565 e. The summed E-state index contributed by atoms with van der Waals surface area (Å²) in [7, 11) is 0. The molecule has 86 valence electrons. The van der Waals surface area contributed by atoms with Gasteiger partial charge in [0.1, 0.15) is 0 Å². The predicted octanol–water partition coefficient (Wildman–Crippen LogP) is 2.58. The fourth-order valence-corrected chi connectivity index (χ4v) is 1.54. The van der Waals surface area contributed by atoms with E-state index in [-0.39, 0.29) is 12.2 Å². The van der Waals surface area contributed by atoms with Gasteiger partial charge in [-0.2, -0.15) is 0 Å². The van der Waals surface area contributed by atoms with Crippen molar-refractivity contribution in [3.8, 4) is 0 Å². The lowest BCUT2D eigenvalue weighted by molar-refractivity contribution is 0.0729. The van der Waals surface area contributed by atoms with Gasteiger partial charge in [0, 0.05) is 0 Å². The fraction of sp³-hybridized carbons (Fsp3) is 1.00. The summed E-state index contributed by atoms with van der Waals surface area (Å²) >= 11 is 0. The third-order valence-corrected chi connectivity index (χ3v) is 2.93. The van der Waals surface area contributed by atoms with Crippen LogP contribution in [-0.4, -0.2) is 22.4 Å². The van der Waals surface area contributed by atoms with Crippen LogP contribution in [0.2, 0.25) is 0 Å². The first-order valence-corrected chi connectivity index (χ1v) is 5.85. The molecule has 0 aliphatic rings. The van der Waals surface area contributed by atoms with Gasteiger partial charge in [-0.15, -0.1) is 0 Å². The van der Waals surface area contributed by atoms with Gasteiger partial charge in [-0.3, -0.25) is 0 Å². The second-order valence-electron chi connectivity index (χ2n) is 4.72. The van der Waals surface area contributed by atoms with Gasteiger partial charge in [-0.05, 0) is 31.1 Å². The van der Waals surface area contributed by atoms with Gasteiger partial charge in [-0.1, -0.05) is 34.1 Å². The highest BCUT2D eigenvalue weighted by Crippen LogP contribution is 2.18. The molecule has 2 nitrogen and oxygen atoms in total. The molecule has 0 saturated carbocycles. The Labute approximate surface area is 88.3 Å². The molecule has 0 fully saturated rings. The normalized spacial score (nSPS) is 18.2. The van der Waals surface area contributed by atoms with Crippen molar-refractivity contribution >= 4 is 0 Å². The minimum Gasteiger partial charge on any atom is -0.393 e. The quantitative estimate of drug-likeness (QED) is 0.666. The van der Waals surface area contributed by atoms with E-state index in [2.05, 4.69) is 13.8 Å². The van der Waals surface area contributed by atoms with E-state index in [0.717, 1.165) is 25.7 Å². The molecule has 0 aromatic carbocycles. The molecule has 0 rings (SSSR count). The summed E-state index contributed by atoms with van der Waals surface area (Å²) in [5, 5.41) is 19.3. The van der Waals surface area contributed by atoms with Gasteiger partial charge in [0.15, 0.2) is 0 Å². The lowest BCUT2D eigenvalue weighted by atomic mass is 9.92. The molecule has 0 radical (unpaired) electrons. The smallest absolute Gasteiger partial charge is 0.0565 e. The molecule has 0 spiro atoms. The highest BCUT2D eigenvalue weighted by atomic mass is 16.3. The van der Waals surface area contributed by atoms with Crippen LogP contribution in [0.1, 0.15) is 53.4 Å². The largest absolute Gasteiger partial charge is 0.393 e.